The minimum absolute atomic E-state index is 0.482. The summed E-state index contributed by atoms with van der Waals surface area (Å²) in [7, 11) is 0. The molecule has 72 valence electrons. The van der Waals surface area contributed by atoms with Crippen molar-refractivity contribution in [2.24, 2.45) is 0 Å². The lowest BCUT2D eigenvalue weighted by Gasteiger charge is -1.96. The fraction of sp³-hybridized carbons (Fsp3) is 0.111. The summed E-state index contributed by atoms with van der Waals surface area (Å²) >= 11 is 5.92. The van der Waals surface area contributed by atoms with E-state index in [0.29, 0.717) is 5.02 Å². The first-order chi connectivity index (χ1) is 6.68. The Labute approximate surface area is 85.3 Å². The first-order valence-corrected chi connectivity index (χ1v) is 4.37. The molecule has 0 radical (unpaired) electrons. The Morgan fingerprint density at radius 2 is 2.29 bits per heavy atom. The monoisotopic (exact) mass is 210 g/mol. The van der Waals surface area contributed by atoms with Crippen molar-refractivity contribution in [2.45, 2.75) is 6.92 Å². The Kier molecular flexibility index (Phi) is 2.13. The highest BCUT2D eigenvalue weighted by Crippen LogP contribution is 2.18. The summed E-state index contributed by atoms with van der Waals surface area (Å²) in [5.74, 6) is -0.482. The number of hydrogen-bond donors (Lipinski definition) is 0. The molecule has 0 amide bonds. The first kappa shape index (κ1) is 9.02. The molecular weight excluding hydrogens is 204 g/mol. The molecule has 0 spiro atoms. The molecule has 1 aromatic carbocycles. The van der Waals surface area contributed by atoms with Crippen molar-refractivity contribution in [3.05, 3.63) is 35.0 Å². The van der Waals surface area contributed by atoms with Crippen LogP contribution in [0, 0.1) is 6.92 Å². The molecule has 0 bridgehead atoms. The number of aromatic nitrogens is 2. The van der Waals surface area contributed by atoms with Gasteiger partial charge in [-0.1, -0.05) is 17.7 Å². The SMILES string of the molecule is Cc1c(Cl)cccc1-[n+]1cc([O-])on1. The van der Waals surface area contributed by atoms with Gasteiger partial charge in [-0.2, -0.15) is 0 Å². The lowest BCUT2D eigenvalue weighted by molar-refractivity contribution is -0.670. The minimum atomic E-state index is -0.482. The standard InChI is InChI=1S/C9H7ClN2O2/c1-6-7(10)3-2-4-8(6)12-5-9(13)14-11-12/h2-5H,1H3. The second-order valence-electron chi connectivity index (χ2n) is 2.85. The summed E-state index contributed by atoms with van der Waals surface area (Å²) in [5, 5.41) is 15.0. The maximum Gasteiger partial charge on any atom is 0.243 e. The van der Waals surface area contributed by atoms with Gasteiger partial charge >= 0.3 is 0 Å². The van der Waals surface area contributed by atoms with Crippen LogP contribution >= 0.6 is 11.6 Å². The van der Waals surface area contributed by atoms with Crippen LogP contribution in [0.2, 0.25) is 5.02 Å². The second-order valence-corrected chi connectivity index (χ2v) is 3.26. The highest BCUT2D eigenvalue weighted by atomic mass is 35.5. The number of rotatable bonds is 1. The van der Waals surface area contributed by atoms with Crippen LogP contribution < -0.4 is 9.79 Å². The van der Waals surface area contributed by atoms with Gasteiger partial charge in [0.1, 0.15) is 5.95 Å². The smallest absolute Gasteiger partial charge is 0.243 e. The highest BCUT2D eigenvalue weighted by Gasteiger charge is 2.13. The Hall–Kier alpha value is -1.55. The van der Waals surface area contributed by atoms with Crippen molar-refractivity contribution in [1.29, 1.82) is 0 Å². The van der Waals surface area contributed by atoms with Gasteiger partial charge in [-0.3, -0.25) is 0 Å². The summed E-state index contributed by atoms with van der Waals surface area (Å²) in [6, 6.07) is 5.37. The van der Waals surface area contributed by atoms with E-state index in [1.165, 1.54) is 10.9 Å². The predicted octanol–water partition coefficient (Wildman–Crippen LogP) is 0.987. The molecule has 1 aromatic heterocycles. The zero-order valence-electron chi connectivity index (χ0n) is 7.40. The number of nitrogens with zero attached hydrogens (tertiary/aromatic N) is 2. The zero-order chi connectivity index (χ0) is 10.1. The van der Waals surface area contributed by atoms with Crippen LogP contribution in [0.5, 0.6) is 5.95 Å². The Balaban J connectivity index is 2.57. The van der Waals surface area contributed by atoms with E-state index in [0.717, 1.165) is 11.3 Å². The van der Waals surface area contributed by atoms with Gasteiger partial charge in [0.25, 0.3) is 0 Å². The van der Waals surface area contributed by atoms with Crippen molar-refractivity contribution in [3.8, 4) is 11.6 Å². The first-order valence-electron chi connectivity index (χ1n) is 3.99. The highest BCUT2D eigenvalue weighted by molar-refractivity contribution is 6.31. The Morgan fingerprint density at radius 3 is 2.93 bits per heavy atom. The van der Waals surface area contributed by atoms with E-state index in [9.17, 15) is 5.11 Å². The number of hydrogen-bond acceptors (Lipinski definition) is 3. The maximum absolute atomic E-state index is 10.8. The molecule has 0 unspecified atom stereocenters. The Bertz CT molecular complexity index is 468. The van der Waals surface area contributed by atoms with Gasteiger partial charge in [0, 0.05) is 11.6 Å². The fourth-order valence-corrected chi connectivity index (χ4v) is 1.36. The molecule has 0 aliphatic carbocycles. The normalized spacial score (nSPS) is 10.4. The summed E-state index contributed by atoms with van der Waals surface area (Å²) in [6.07, 6.45) is 1.26. The van der Waals surface area contributed by atoms with Gasteiger partial charge in [-0.15, -0.1) is 0 Å². The lowest BCUT2D eigenvalue weighted by Crippen LogP contribution is -2.32. The molecule has 5 heteroatoms. The number of benzene rings is 1. The van der Waals surface area contributed by atoms with Crippen molar-refractivity contribution in [1.82, 2.24) is 5.27 Å². The van der Waals surface area contributed by atoms with Crippen LogP contribution in [-0.4, -0.2) is 5.27 Å². The maximum atomic E-state index is 10.8. The molecule has 0 N–H and O–H groups in total. The van der Waals surface area contributed by atoms with Gasteiger partial charge in [0.05, 0.1) is 10.3 Å². The molecule has 0 atom stereocenters. The summed E-state index contributed by atoms with van der Waals surface area (Å²) in [4.78, 5) is 0. The van der Waals surface area contributed by atoms with Crippen molar-refractivity contribution in [3.63, 3.8) is 0 Å². The largest absolute Gasteiger partial charge is 0.539 e. The van der Waals surface area contributed by atoms with E-state index < -0.39 is 5.95 Å². The fourth-order valence-electron chi connectivity index (χ4n) is 1.19. The van der Waals surface area contributed by atoms with Gasteiger partial charge in [0.2, 0.25) is 11.9 Å². The van der Waals surface area contributed by atoms with Gasteiger partial charge in [0.15, 0.2) is 0 Å². The molecule has 0 fully saturated rings. The van der Waals surface area contributed by atoms with Gasteiger partial charge < -0.3 is 9.63 Å². The van der Waals surface area contributed by atoms with E-state index in [-0.39, 0.29) is 0 Å². The van der Waals surface area contributed by atoms with Crippen molar-refractivity contribution in [2.75, 3.05) is 0 Å². The van der Waals surface area contributed by atoms with Gasteiger partial charge in [-0.25, -0.2) is 0 Å². The topological polar surface area (TPSA) is 53.0 Å². The lowest BCUT2D eigenvalue weighted by atomic mass is 10.2. The Morgan fingerprint density at radius 1 is 1.50 bits per heavy atom. The molecule has 4 nitrogen and oxygen atoms in total. The molecule has 2 rings (SSSR count). The van der Waals surface area contributed by atoms with E-state index >= 15 is 0 Å². The van der Waals surface area contributed by atoms with E-state index in [4.69, 9.17) is 11.6 Å². The molecule has 0 aliphatic rings. The van der Waals surface area contributed by atoms with Gasteiger partial charge in [-0.05, 0) is 17.7 Å². The third kappa shape index (κ3) is 1.44. The number of halogens is 1. The third-order valence-electron chi connectivity index (χ3n) is 1.93. The average Bonchev–Trinajstić information content (AvgIpc) is 2.57. The van der Waals surface area contributed by atoms with Crippen LogP contribution in [0.25, 0.3) is 5.69 Å². The van der Waals surface area contributed by atoms with Crippen LogP contribution in [0.1, 0.15) is 5.56 Å². The van der Waals surface area contributed by atoms with Crippen molar-refractivity contribution >= 4 is 11.6 Å². The second kappa shape index (κ2) is 3.31. The van der Waals surface area contributed by atoms with Crippen LogP contribution in [0.4, 0.5) is 0 Å². The predicted molar refractivity (Wildman–Crippen MR) is 47.2 cm³/mol. The molecule has 0 aliphatic heterocycles. The van der Waals surface area contributed by atoms with E-state index in [1.807, 2.05) is 13.0 Å². The molecule has 14 heavy (non-hydrogen) atoms. The minimum Gasteiger partial charge on any atom is -0.539 e. The summed E-state index contributed by atoms with van der Waals surface area (Å²) in [6.45, 7) is 1.85. The molecule has 0 saturated carbocycles. The zero-order valence-corrected chi connectivity index (χ0v) is 8.15. The molecule has 1 heterocycles. The van der Waals surface area contributed by atoms with Crippen LogP contribution in [0.15, 0.2) is 28.9 Å². The molecule has 0 saturated heterocycles. The molecule has 2 aromatic rings. The van der Waals surface area contributed by atoms with Crippen molar-refractivity contribution < 1.29 is 14.3 Å². The summed E-state index contributed by atoms with van der Waals surface area (Å²) in [5.41, 5.74) is 1.59. The summed E-state index contributed by atoms with van der Waals surface area (Å²) < 4.78 is 5.79. The third-order valence-corrected chi connectivity index (χ3v) is 2.34. The quantitative estimate of drug-likeness (QED) is 0.660. The van der Waals surface area contributed by atoms with Crippen LogP contribution in [-0.2, 0) is 0 Å². The van der Waals surface area contributed by atoms with E-state index in [2.05, 4.69) is 9.79 Å². The molecular formula is C9H7ClN2O2. The van der Waals surface area contributed by atoms with Crippen LogP contribution in [0.3, 0.4) is 0 Å². The van der Waals surface area contributed by atoms with E-state index in [1.54, 1.807) is 12.1 Å². The average molecular weight is 211 g/mol.